The van der Waals surface area contributed by atoms with Crippen LogP contribution in [0.15, 0.2) is 60.0 Å². The molecule has 1 aliphatic heterocycles. The number of aliphatic hydroxyl groups is 1. The third-order valence-corrected chi connectivity index (χ3v) is 8.16. The number of carbonyl (C=O) groups is 2. The summed E-state index contributed by atoms with van der Waals surface area (Å²) in [6.07, 6.45) is -12.5. The average Bonchev–Trinajstić information content (AvgIpc) is 2.84. The lowest BCUT2D eigenvalue weighted by Crippen LogP contribution is -2.54. The normalized spacial score (nSPS) is 17.1. The highest BCUT2D eigenvalue weighted by molar-refractivity contribution is 7.92. The van der Waals surface area contributed by atoms with Crippen LogP contribution in [0.2, 0.25) is 0 Å². The number of carbonyl (C=O) groups excluding carboxylic acids is 2. The number of benzene rings is 2. The van der Waals surface area contributed by atoms with Gasteiger partial charge in [-0.3, -0.25) is 13.9 Å². The van der Waals surface area contributed by atoms with Crippen molar-refractivity contribution in [1.29, 1.82) is 0 Å². The molecule has 2 unspecified atom stereocenters. The summed E-state index contributed by atoms with van der Waals surface area (Å²) in [6, 6.07) is 2.21. The smallest absolute Gasteiger partial charge is 0.369 e. The van der Waals surface area contributed by atoms with Crippen LogP contribution in [0.3, 0.4) is 0 Å². The fourth-order valence-electron chi connectivity index (χ4n) is 4.27. The first-order valence-corrected chi connectivity index (χ1v) is 12.8. The van der Waals surface area contributed by atoms with Crippen molar-refractivity contribution in [1.82, 2.24) is 5.32 Å². The number of fused-ring (bicyclic) bond motifs is 1. The third-order valence-electron chi connectivity index (χ3n) is 6.28. The highest BCUT2D eigenvalue weighted by atomic mass is 32.2. The molecular weight excluding hydrogens is 575 g/mol. The lowest BCUT2D eigenvalue weighted by atomic mass is 9.87. The molecule has 0 spiro atoms. The zero-order valence-corrected chi connectivity index (χ0v) is 21.1. The number of hydrogen-bond donors (Lipinski definition) is 3. The topological polar surface area (TPSA) is 130 Å². The second-order valence-electron chi connectivity index (χ2n) is 8.88. The summed E-state index contributed by atoms with van der Waals surface area (Å²) in [5.74, 6) is -2.63. The molecule has 2 atom stereocenters. The fraction of sp³-hybridized carbons (Fsp3) is 0.333. The second kappa shape index (κ2) is 10.7. The molecule has 8 nitrogen and oxygen atoms in total. The van der Waals surface area contributed by atoms with Crippen LogP contribution in [-0.2, 0) is 31.6 Å². The van der Waals surface area contributed by atoms with Crippen LogP contribution < -0.4 is 15.4 Å². The predicted molar refractivity (Wildman–Crippen MR) is 127 cm³/mol. The monoisotopic (exact) mass is 597 g/mol. The van der Waals surface area contributed by atoms with Gasteiger partial charge < -0.3 is 16.2 Å². The third kappa shape index (κ3) is 5.63. The molecule has 40 heavy (non-hydrogen) atoms. The summed E-state index contributed by atoms with van der Waals surface area (Å²) in [7, 11) is -4.67. The summed E-state index contributed by atoms with van der Waals surface area (Å²) in [6.45, 7) is 3.34. The molecule has 1 heterocycles. The van der Waals surface area contributed by atoms with E-state index < -0.39 is 74.6 Å². The van der Waals surface area contributed by atoms with E-state index >= 15 is 0 Å². The highest BCUT2D eigenvalue weighted by Gasteiger charge is 2.71. The van der Waals surface area contributed by atoms with Gasteiger partial charge in [0.25, 0.3) is 15.6 Å². The van der Waals surface area contributed by atoms with E-state index in [1.165, 1.54) is 0 Å². The van der Waals surface area contributed by atoms with Crippen LogP contribution in [0.25, 0.3) is 0 Å². The Kier molecular flexibility index (Phi) is 8.28. The van der Waals surface area contributed by atoms with E-state index in [4.69, 9.17) is 5.73 Å². The van der Waals surface area contributed by atoms with Gasteiger partial charge in [-0.15, -0.1) is 6.58 Å². The van der Waals surface area contributed by atoms with Crippen molar-refractivity contribution in [3.05, 3.63) is 72.1 Å². The molecular formula is C24H22F7N3O5S. The maximum absolute atomic E-state index is 13.6. The van der Waals surface area contributed by atoms with E-state index in [9.17, 15) is 53.8 Å². The highest BCUT2D eigenvalue weighted by Crippen LogP contribution is 2.51. The largest absolute Gasteiger partial charge is 0.430 e. The predicted octanol–water partition coefficient (Wildman–Crippen LogP) is 3.19. The Morgan fingerprint density at radius 2 is 1.68 bits per heavy atom. The molecule has 2 amide bonds. The molecule has 2 aromatic rings. The van der Waals surface area contributed by atoms with Gasteiger partial charge in [-0.2, -0.15) is 26.3 Å². The molecule has 0 saturated heterocycles. The molecule has 218 valence electrons. The van der Waals surface area contributed by atoms with Gasteiger partial charge in [0.15, 0.2) is 0 Å². The van der Waals surface area contributed by atoms with Crippen molar-refractivity contribution in [2.45, 2.75) is 54.2 Å². The van der Waals surface area contributed by atoms with E-state index in [2.05, 4.69) is 11.9 Å². The molecule has 0 aromatic heterocycles. The Hall–Kier alpha value is -3.66. The zero-order chi connectivity index (χ0) is 30.3. The molecule has 1 aliphatic rings. The number of hydrogen-bond acceptors (Lipinski definition) is 5. The quantitative estimate of drug-likeness (QED) is 0.318. The van der Waals surface area contributed by atoms with Crippen LogP contribution in [0.5, 0.6) is 0 Å². The van der Waals surface area contributed by atoms with Crippen LogP contribution >= 0.6 is 0 Å². The molecule has 4 N–H and O–H groups in total. The molecule has 2 aromatic carbocycles. The number of rotatable bonds is 8. The van der Waals surface area contributed by atoms with Gasteiger partial charge >= 0.3 is 12.4 Å². The molecule has 0 fully saturated rings. The van der Waals surface area contributed by atoms with Crippen molar-refractivity contribution in [2.24, 2.45) is 5.73 Å². The summed E-state index contributed by atoms with van der Waals surface area (Å²) >= 11 is 0. The number of primary amides is 1. The molecule has 3 rings (SSSR count). The average molecular weight is 598 g/mol. The van der Waals surface area contributed by atoms with Gasteiger partial charge in [0.1, 0.15) is 11.9 Å². The Labute approximate surface area is 223 Å². The van der Waals surface area contributed by atoms with Crippen LogP contribution in [0, 0.1) is 5.82 Å². The maximum atomic E-state index is 13.6. The minimum Gasteiger partial charge on any atom is -0.369 e. The van der Waals surface area contributed by atoms with Gasteiger partial charge in [-0.05, 0) is 48.7 Å². The number of aryl methyl sites for hydroxylation is 1. The summed E-state index contributed by atoms with van der Waals surface area (Å²) in [5, 5.41) is 12.0. The minimum atomic E-state index is -6.17. The van der Waals surface area contributed by atoms with Crippen molar-refractivity contribution in [3.8, 4) is 0 Å². The first-order chi connectivity index (χ1) is 18.3. The number of sulfonamides is 1. The Morgan fingerprint density at radius 1 is 1.10 bits per heavy atom. The van der Waals surface area contributed by atoms with Gasteiger partial charge in [0.05, 0.1) is 16.6 Å². The SMILES string of the molecule is C=CC(NC(=O)CC1CCc2cc(C(O)(C(F)(F)F)C(F)(F)F)ccc2N1S(=O)(=O)c1ccc(F)cc1)C(N)=O. The number of nitrogens with two attached hydrogens (primary N) is 1. The van der Waals surface area contributed by atoms with Crippen molar-refractivity contribution in [3.63, 3.8) is 0 Å². The van der Waals surface area contributed by atoms with Crippen molar-refractivity contribution < 1.29 is 53.8 Å². The van der Waals surface area contributed by atoms with Gasteiger partial charge in [-0.25, -0.2) is 12.8 Å². The molecule has 16 heteroatoms. The van der Waals surface area contributed by atoms with Crippen molar-refractivity contribution >= 4 is 27.5 Å². The zero-order valence-electron chi connectivity index (χ0n) is 20.3. The van der Waals surface area contributed by atoms with Crippen LogP contribution in [-0.4, -0.2) is 49.8 Å². The summed E-state index contributed by atoms with van der Waals surface area (Å²) in [5.41, 5.74) is -2.35. The van der Waals surface area contributed by atoms with Crippen LogP contribution in [0.1, 0.15) is 24.0 Å². The Bertz CT molecular complexity index is 1400. The maximum Gasteiger partial charge on any atom is 0.430 e. The number of amides is 2. The lowest BCUT2D eigenvalue weighted by molar-refractivity contribution is -0.376. The molecule has 0 saturated carbocycles. The minimum absolute atomic E-state index is 0.268. The Morgan fingerprint density at radius 3 is 2.17 bits per heavy atom. The van der Waals surface area contributed by atoms with E-state index in [1.54, 1.807) is 0 Å². The molecule has 0 radical (unpaired) electrons. The van der Waals surface area contributed by atoms with Crippen LogP contribution in [0.4, 0.5) is 36.4 Å². The lowest BCUT2D eigenvalue weighted by Gasteiger charge is -2.39. The molecule has 0 aliphatic carbocycles. The standard InChI is InChI=1S/C24H22F7N3O5S/c1-2-18(21(32)36)33-20(35)12-16-7-3-13-11-14(22(37,23(26,27)28)24(29,30)31)4-10-19(13)34(16)40(38,39)17-8-5-15(25)6-9-17/h2,4-6,8-11,16,18,37H,1,3,7,12H2,(H2,32,36)(H,33,35). The summed E-state index contributed by atoms with van der Waals surface area (Å²) in [4.78, 5) is 23.6. The van der Waals surface area contributed by atoms with Gasteiger partial charge in [0.2, 0.25) is 11.8 Å². The Balaban J connectivity index is 2.14. The first-order valence-electron chi connectivity index (χ1n) is 11.3. The van der Waals surface area contributed by atoms with E-state index in [1.807, 2.05) is 0 Å². The van der Waals surface area contributed by atoms with Gasteiger partial charge in [-0.1, -0.05) is 18.2 Å². The number of alkyl halides is 6. The summed E-state index contributed by atoms with van der Waals surface area (Å²) < 4.78 is 122. The number of anilines is 1. The van der Waals surface area contributed by atoms with E-state index in [-0.39, 0.29) is 30.2 Å². The van der Waals surface area contributed by atoms with Gasteiger partial charge in [0, 0.05) is 12.0 Å². The fourth-order valence-corrected chi connectivity index (χ4v) is 5.99. The van der Waals surface area contributed by atoms with E-state index in [0.29, 0.717) is 16.4 Å². The van der Waals surface area contributed by atoms with E-state index in [0.717, 1.165) is 30.3 Å². The number of halogens is 7. The number of nitrogens with one attached hydrogen (secondary N) is 1. The van der Waals surface area contributed by atoms with Crippen molar-refractivity contribution in [2.75, 3.05) is 4.31 Å². The number of nitrogens with zero attached hydrogens (tertiary/aromatic N) is 1. The second-order valence-corrected chi connectivity index (χ2v) is 10.7. The first kappa shape index (κ1) is 30.9. The molecule has 0 bridgehead atoms.